The number of imide groups is 1. The SMILES string of the molecule is O=C([C@H]1Cc2cc(Cl)cc(-c3ccnc4cc(CN5C(=O)COC5=O)sc34)c2O1)N1CCNCC1. The van der Waals surface area contributed by atoms with E-state index in [2.05, 4.69) is 10.3 Å². The van der Waals surface area contributed by atoms with Crippen molar-refractivity contribution in [1.29, 1.82) is 0 Å². The summed E-state index contributed by atoms with van der Waals surface area (Å²) in [5.74, 6) is 0.288. The lowest BCUT2D eigenvalue weighted by molar-refractivity contribution is -0.138. The number of hydrogen-bond donors (Lipinski definition) is 1. The number of rotatable bonds is 4. The van der Waals surface area contributed by atoms with Gasteiger partial charge in [-0.25, -0.2) is 9.69 Å². The molecule has 9 nitrogen and oxygen atoms in total. The zero-order valence-corrected chi connectivity index (χ0v) is 20.2. The van der Waals surface area contributed by atoms with E-state index < -0.39 is 12.2 Å². The molecule has 1 N–H and O–H groups in total. The van der Waals surface area contributed by atoms with Gasteiger partial charge in [-0.3, -0.25) is 14.6 Å². The highest BCUT2D eigenvalue weighted by molar-refractivity contribution is 7.19. The second-order valence-corrected chi connectivity index (χ2v) is 10.2. The summed E-state index contributed by atoms with van der Waals surface area (Å²) in [4.78, 5) is 45.1. The second-order valence-electron chi connectivity index (χ2n) is 8.65. The van der Waals surface area contributed by atoms with Crippen LogP contribution in [0.15, 0.2) is 30.5 Å². The highest BCUT2D eigenvalue weighted by Gasteiger charge is 2.35. The molecule has 3 amide bonds. The van der Waals surface area contributed by atoms with Gasteiger partial charge < -0.3 is 19.7 Å². The van der Waals surface area contributed by atoms with Crippen molar-refractivity contribution < 1.29 is 23.9 Å². The number of carbonyl (C=O) groups excluding carboxylic acids is 3. The summed E-state index contributed by atoms with van der Waals surface area (Å²) < 4.78 is 12.0. The molecule has 11 heteroatoms. The van der Waals surface area contributed by atoms with Crippen molar-refractivity contribution in [2.24, 2.45) is 0 Å². The van der Waals surface area contributed by atoms with E-state index in [-0.39, 0.29) is 25.0 Å². The molecular formula is C24H21ClN4O5S. The number of benzene rings is 1. The Balaban J connectivity index is 1.34. The number of aromatic nitrogens is 1. The van der Waals surface area contributed by atoms with Gasteiger partial charge in [0.2, 0.25) is 0 Å². The Morgan fingerprint density at radius 1 is 1.20 bits per heavy atom. The summed E-state index contributed by atoms with van der Waals surface area (Å²) in [5, 5.41) is 3.82. The van der Waals surface area contributed by atoms with Crippen molar-refractivity contribution in [3.63, 3.8) is 0 Å². The number of nitrogens with one attached hydrogen (secondary N) is 1. The number of piperazine rings is 1. The first-order valence-electron chi connectivity index (χ1n) is 11.3. The van der Waals surface area contributed by atoms with Crippen LogP contribution >= 0.6 is 22.9 Å². The predicted molar refractivity (Wildman–Crippen MR) is 130 cm³/mol. The predicted octanol–water partition coefficient (Wildman–Crippen LogP) is 2.83. The van der Waals surface area contributed by atoms with Crippen molar-refractivity contribution >= 4 is 51.1 Å². The Kier molecular flexibility index (Phi) is 5.58. The molecule has 0 aliphatic carbocycles. The van der Waals surface area contributed by atoms with Crippen LogP contribution in [-0.2, 0) is 27.3 Å². The first-order valence-corrected chi connectivity index (χ1v) is 12.5. The fourth-order valence-corrected chi connectivity index (χ4v) is 6.09. The van der Waals surface area contributed by atoms with Crippen LogP contribution in [0.2, 0.25) is 5.02 Å². The second kappa shape index (κ2) is 8.78. The lowest BCUT2D eigenvalue weighted by Gasteiger charge is -2.29. The van der Waals surface area contributed by atoms with E-state index in [1.807, 2.05) is 29.2 Å². The summed E-state index contributed by atoms with van der Waals surface area (Å²) in [5.41, 5.74) is 3.30. The number of hydrogen-bond acceptors (Lipinski definition) is 8. The van der Waals surface area contributed by atoms with Crippen LogP contribution in [0, 0.1) is 0 Å². The van der Waals surface area contributed by atoms with Gasteiger partial charge in [0, 0.05) is 65.4 Å². The Morgan fingerprint density at radius 3 is 2.80 bits per heavy atom. The Bertz CT molecular complexity index is 1350. The van der Waals surface area contributed by atoms with E-state index in [1.165, 1.54) is 11.3 Å². The van der Waals surface area contributed by atoms with Gasteiger partial charge in [-0.05, 0) is 24.3 Å². The van der Waals surface area contributed by atoms with Crippen LogP contribution < -0.4 is 10.1 Å². The molecule has 35 heavy (non-hydrogen) atoms. The van der Waals surface area contributed by atoms with E-state index in [1.54, 1.807) is 6.20 Å². The van der Waals surface area contributed by atoms with E-state index in [0.717, 1.165) is 49.8 Å². The van der Waals surface area contributed by atoms with Crippen LogP contribution in [0.3, 0.4) is 0 Å². The topological polar surface area (TPSA) is 101 Å². The molecule has 3 aliphatic rings. The Hall–Kier alpha value is -3.21. The molecule has 0 bridgehead atoms. The van der Waals surface area contributed by atoms with Gasteiger partial charge in [0.25, 0.3) is 11.8 Å². The average molecular weight is 513 g/mol. The van der Waals surface area contributed by atoms with E-state index in [9.17, 15) is 14.4 Å². The molecule has 0 spiro atoms. The number of ether oxygens (including phenoxy) is 2. The summed E-state index contributed by atoms with van der Waals surface area (Å²) >= 11 is 7.94. The highest BCUT2D eigenvalue weighted by Crippen LogP contribution is 2.45. The first-order chi connectivity index (χ1) is 17.0. The van der Waals surface area contributed by atoms with Gasteiger partial charge in [-0.15, -0.1) is 11.3 Å². The van der Waals surface area contributed by atoms with Gasteiger partial charge in [-0.2, -0.15) is 0 Å². The molecule has 180 valence electrons. The zero-order chi connectivity index (χ0) is 24.1. The molecule has 3 aromatic rings. The van der Waals surface area contributed by atoms with E-state index in [0.29, 0.717) is 30.3 Å². The number of halogens is 1. The molecular weight excluding hydrogens is 492 g/mol. The van der Waals surface area contributed by atoms with Gasteiger partial charge in [0.1, 0.15) is 5.75 Å². The molecule has 2 fully saturated rings. The van der Waals surface area contributed by atoms with Crippen molar-refractivity contribution in [2.45, 2.75) is 19.1 Å². The average Bonchev–Trinajstić information content (AvgIpc) is 3.56. The molecule has 1 atom stereocenters. The molecule has 3 aliphatic heterocycles. The lowest BCUT2D eigenvalue weighted by atomic mass is 10.0. The number of carbonyl (C=O) groups is 3. The number of pyridine rings is 1. The minimum Gasteiger partial charge on any atom is -0.479 e. The molecule has 2 saturated heterocycles. The molecule has 0 unspecified atom stereocenters. The zero-order valence-electron chi connectivity index (χ0n) is 18.6. The third kappa shape index (κ3) is 4.01. The molecule has 5 heterocycles. The molecule has 2 aromatic heterocycles. The summed E-state index contributed by atoms with van der Waals surface area (Å²) in [6.07, 6.45) is 0.953. The number of fused-ring (bicyclic) bond motifs is 2. The fraction of sp³-hybridized carbons (Fsp3) is 0.333. The Labute approximate surface area is 209 Å². The number of thiophene rings is 1. The minimum absolute atomic E-state index is 0.00905. The maximum Gasteiger partial charge on any atom is 0.417 e. The lowest BCUT2D eigenvalue weighted by Crippen LogP contribution is -2.50. The summed E-state index contributed by atoms with van der Waals surface area (Å²) in [6.45, 7) is 2.78. The fourth-order valence-electron chi connectivity index (χ4n) is 4.72. The van der Waals surface area contributed by atoms with Crippen molar-refractivity contribution in [3.05, 3.63) is 45.9 Å². The van der Waals surface area contributed by atoms with Gasteiger partial charge in [-0.1, -0.05) is 11.6 Å². The first kappa shape index (κ1) is 22.3. The third-order valence-corrected chi connectivity index (χ3v) is 7.77. The monoisotopic (exact) mass is 512 g/mol. The maximum atomic E-state index is 13.1. The van der Waals surface area contributed by atoms with E-state index >= 15 is 0 Å². The molecule has 0 saturated carbocycles. The normalized spacial score (nSPS) is 19.7. The quantitative estimate of drug-likeness (QED) is 0.573. The van der Waals surface area contributed by atoms with E-state index in [4.69, 9.17) is 21.1 Å². The highest BCUT2D eigenvalue weighted by atomic mass is 35.5. The largest absolute Gasteiger partial charge is 0.479 e. The van der Waals surface area contributed by atoms with Crippen molar-refractivity contribution in [2.75, 3.05) is 32.8 Å². The van der Waals surface area contributed by atoms with Crippen LogP contribution in [-0.4, -0.2) is 71.6 Å². The van der Waals surface area contributed by atoms with Crippen molar-refractivity contribution in [3.8, 4) is 16.9 Å². The summed E-state index contributed by atoms with van der Waals surface area (Å²) in [7, 11) is 0. The smallest absolute Gasteiger partial charge is 0.417 e. The number of cyclic esters (lactones) is 1. The van der Waals surface area contributed by atoms with Crippen LogP contribution in [0.25, 0.3) is 21.3 Å². The number of nitrogens with zero attached hydrogens (tertiary/aromatic N) is 3. The van der Waals surface area contributed by atoms with Gasteiger partial charge in [0.05, 0.1) is 16.8 Å². The minimum atomic E-state index is -0.637. The van der Waals surface area contributed by atoms with Crippen LogP contribution in [0.4, 0.5) is 4.79 Å². The molecule has 6 rings (SSSR count). The summed E-state index contributed by atoms with van der Waals surface area (Å²) in [6, 6.07) is 7.45. The van der Waals surface area contributed by atoms with Crippen molar-refractivity contribution in [1.82, 2.24) is 20.1 Å². The van der Waals surface area contributed by atoms with Gasteiger partial charge >= 0.3 is 6.09 Å². The van der Waals surface area contributed by atoms with Gasteiger partial charge in [0.15, 0.2) is 12.7 Å². The standard InChI is InChI=1S/C24H21ClN4O5S/c25-14-7-13-8-19(23(31)28-5-3-26-4-6-28)34-21(13)17(9-14)16-1-2-27-18-10-15(35-22(16)18)11-29-20(30)12-33-24(29)32/h1-2,7,9-10,19,26H,3-6,8,11-12H2/t19-/m1/s1. The van der Waals surface area contributed by atoms with Crippen LogP contribution in [0.5, 0.6) is 5.75 Å². The van der Waals surface area contributed by atoms with Crippen LogP contribution in [0.1, 0.15) is 10.4 Å². The maximum absolute atomic E-state index is 13.1. The third-order valence-electron chi connectivity index (χ3n) is 6.41. The molecule has 1 aromatic carbocycles. The number of amides is 3. The molecule has 0 radical (unpaired) electrons. The Morgan fingerprint density at radius 2 is 2.03 bits per heavy atom.